The highest BCUT2D eigenvalue weighted by molar-refractivity contribution is 6.00. The number of rotatable bonds is 5. The quantitative estimate of drug-likeness (QED) is 0.831. The molecule has 0 aliphatic carbocycles. The maximum absolute atomic E-state index is 12.4. The first-order valence-electron chi connectivity index (χ1n) is 7.42. The fraction of sp³-hybridized carbons (Fsp3) is 0.389. The molecular weight excluding hydrogens is 260 g/mol. The lowest BCUT2D eigenvalue weighted by molar-refractivity contribution is 0.101. The Morgan fingerprint density at radius 3 is 2.48 bits per heavy atom. The second-order valence-electron chi connectivity index (χ2n) is 5.89. The maximum Gasteiger partial charge on any atom is 0.183 e. The van der Waals surface area contributed by atoms with Gasteiger partial charge in [0.2, 0.25) is 0 Å². The number of benzene rings is 1. The summed E-state index contributed by atoms with van der Waals surface area (Å²) in [7, 11) is 0. The van der Waals surface area contributed by atoms with Gasteiger partial charge in [-0.1, -0.05) is 12.1 Å². The van der Waals surface area contributed by atoms with Gasteiger partial charge in [0.1, 0.15) is 0 Å². The molecule has 2 aromatic rings. The van der Waals surface area contributed by atoms with Crippen LogP contribution in [0.25, 0.3) is 0 Å². The fourth-order valence-corrected chi connectivity index (χ4v) is 2.89. The molecule has 0 radical (unpaired) electrons. The summed E-state index contributed by atoms with van der Waals surface area (Å²) in [4.78, 5) is 12.4. The minimum Gasteiger partial charge on any atom is -0.378 e. The van der Waals surface area contributed by atoms with Crippen LogP contribution in [-0.2, 0) is 0 Å². The summed E-state index contributed by atoms with van der Waals surface area (Å²) in [5.74, 6) is 0.136. The standard InChI is InChI=1S/C18H24N2O/c1-12(2)20-14(4)10-17(15(20)5)18(21)11-19-16-8-6-7-13(3)9-16/h6-10,12,19H,11H2,1-5H3. The van der Waals surface area contributed by atoms with Gasteiger partial charge in [0.25, 0.3) is 0 Å². The summed E-state index contributed by atoms with van der Waals surface area (Å²) in [5, 5.41) is 3.21. The molecule has 112 valence electrons. The van der Waals surface area contributed by atoms with Crippen LogP contribution in [0.5, 0.6) is 0 Å². The third kappa shape index (κ3) is 3.35. The maximum atomic E-state index is 12.4. The zero-order chi connectivity index (χ0) is 15.6. The zero-order valence-electron chi connectivity index (χ0n) is 13.5. The molecule has 1 aromatic heterocycles. The average Bonchev–Trinajstić information content (AvgIpc) is 2.71. The van der Waals surface area contributed by atoms with Gasteiger partial charge in [-0.2, -0.15) is 0 Å². The van der Waals surface area contributed by atoms with Crippen LogP contribution in [0.4, 0.5) is 5.69 Å². The highest BCUT2D eigenvalue weighted by Crippen LogP contribution is 2.20. The molecule has 1 heterocycles. The lowest BCUT2D eigenvalue weighted by Crippen LogP contribution is -2.15. The Labute approximate surface area is 127 Å². The van der Waals surface area contributed by atoms with Crippen molar-refractivity contribution in [2.24, 2.45) is 0 Å². The van der Waals surface area contributed by atoms with Gasteiger partial charge >= 0.3 is 0 Å². The number of Topliss-reactive ketones (excluding diaryl/α,β-unsaturated/α-hetero) is 1. The molecule has 0 atom stereocenters. The average molecular weight is 284 g/mol. The third-order valence-corrected chi connectivity index (χ3v) is 3.77. The lowest BCUT2D eigenvalue weighted by atomic mass is 10.1. The molecule has 0 aliphatic heterocycles. The van der Waals surface area contributed by atoms with Crippen molar-refractivity contribution in [3.8, 4) is 0 Å². The molecule has 1 N–H and O–H groups in total. The minimum absolute atomic E-state index is 0.136. The highest BCUT2D eigenvalue weighted by atomic mass is 16.1. The molecule has 0 aliphatic rings. The van der Waals surface area contributed by atoms with Crippen LogP contribution in [0.3, 0.4) is 0 Å². The topological polar surface area (TPSA) is 34.0 Å². The van der Waals surface area contributed by atoms with E-state index in [2.05, 4.69) is 30.7 Å². The van der Waals surface area contributed by atoms with E-state index in [1.165, 1.54) is 5.56 Å². The molecule has 0 amide bonds. The predicted octanol–water partition coefficient (Wildman–Crippen LogP) is 4.29. The van der Waals surface area contributed by atoms with Gasteiger partial charge in [-0.05, 0) is 58.4 Å². The number of nitrogens with one attached hydrogen (secondary N) is 1. The Hall–Kier alpha value is -2.03. The van der Waals surface area contributed by atoms with Gasteiger partial charge in [0.05, 0.1) is 6.54 Å². The van der Waals surface area contributed by atoms with Crippen LogP contribution in [0.15, 0.2) is 30.3 Å². The van der Waals surface area contributed by atoms with Crippen molar-refractivity contribution in [3.63, 3.8) is 0 Å². The summed E-state index contributed by atoms with van der Waals surface area (Å²) >= 11 is 0. The zero-order valence-corrected chi connectivity index (χ0v) is 13.5. The van der Waals surface area contributed by atoms with Crippen molar-refractivity contribution in [2.75, 3.05) is 11.9 Å². The van der Waals surface area contributed by atoms with Gasteiger partial charge < -0.3 is 9.88 Å². The Bertz CT molecular complexity index is 653. The molecule has 3 nitrogen and oxygen atoms in total. The van der Waals surface area contributed by atoms with E-state index in [1.807, 2.05) is 44.2 Å². The SMILES string of the molecule is Cc1cccc(NCC(=O)c2cc(C)n(C(C)C)c2C)c1. The molecule has 21 heavy (non-hydrogen) atoms. The number of carbonyl (C=O) groups excluding carboxylic acids is 1. The molecule has 0 fully saturated rings. The van der Waals surface area contributed by atoms with Crippen molar-refractivity contribution in [2.45, 2.75) is 40.7 Å². The molecule has 3 heteroatoms. The molecule has 0 unspecified atom stereocenters. The van der Waals surface area contributed by atoms with E-state index in [-0.39, 0.29) is 5.78 Å². The van der Waals surface area contributed by atoms with Crippen molar-refractivity contribution in [1.29, 1.82) is 0 Å². The van der Waals surface area contributed by atoms with Gasteiger partial charge in [-0.25, -0.2) is 0 Å². The van der Waals surface area contributed by atoms with Crippen molar-refractivity contribution in [1.82, 2.24) is 4.57 Å². The molecule has 0 bridgehead atoms. The Morgan fingerprint density at radius 2 is 1.90 bits per heavy atom. The Balaban J connectivity index is 2.12. The summed E-state index contributed by atoms with van der Waals surface area (Å²) in [6, 6.07) is 10.4. The van der Waals surface area contributed by atoms with E-state index in [0.29, 0.717) is 12.6 Å². The second kappa shape index (κ2) is 6.17. The van der Waals surface area contributed by atoms with E-state index in [4.69, 9.17) is 0 Å². The number of carbonyl (C=O) groups is 1. The number of ketones is 1. The van der Waals surface area contributed by atoms with Crippen LogP contribution in [0.1, 0.15) is 47.2 Å². The predicted molar refractivity (Wildman–Crippen MR) is 88.3 cm³/mol. The molecule has 0 saturated heterocycles. The number of aryl methyl sites for hydroxylation is 2. The van der Waals surface area contributed by atoms with E-state index >= 15 is 0 Å². The summed E-state index contributed by atoms with van der Waals surface area (Å²) in [5.41, 5.74) is 5.19. The van der Waals surface area contributed by atoms with Crippen LogP contribution in [0, 0.1) is 20.8 Å². The number of hydrogen-bond donors (Lipinski definition) is 1. The van der Waals surface area contributed by atoms with E-state index in [9.17, 15) is 4.79 Å². The van der Waals surface area contributed by atoms with Crippen LogP contribution in [0.2, 0.25) is 0 Å². The minimum atomic E-state index is 0.136. The molecular formula is C18H24N2O. The molecule has 0 saturated carbocycles. The fourth-order valence-electron chi connectivity index (χ4n) is 2.89. The van der Waals surface area contributed by atoms with Crippen molar-refractivity contribution < 1.29 is 4.79 Å². The van der Waals surface area contributed by atoms with Gasteiger partial charge in [0, 0.05) is 28.7 Å². The number of aromatic nitrogens is 1. The molecule has 2 rings (SSSR count). The van der Waals surface area contributed by atoms with Crippen LogP contribution >= 0.6 is 0 Å². The number of hydrogen-bond acceptors (Lipinski definition) is 2. The summed E-state index contributed by atoms with van der Waals surface area (Å²) < 4.78 is 2.21. The lowest BCUT2D eigenvalue weighted by Gasteiger charge is -2.13. The molecule has 0 spiro atoms. The second-order valence-corrected chi connectivity index (χ2v) is 5.89. The largest absolute Gasteiger partial charge is 0.378 e. The third-order valence-electron chi connectivity index (χ3n) is 3.77. The Morgan fingerprint density at radius 1 is 1.19 bits per heavy atom. The smallest absolute Gasteiger partial charge is 0.183 e. The highest BCUT2D eigenvalue weighted by Gasteiger charge is 2.16. The summed E-state index contributed by atoms with van der Waals surface area (Å²) in [6.07, 6.45) is 0. The first kappa shape index (κ1) is 15.4. The number of nitrogens with zero attached hydrogens (tertiary/aromatic N) is 1. The Kier molecular flexibility index (Phi) is 4.51. The summed E-state index contributed by atoms with van der Waals surface area (Å²) in [6.45, 7) is 10.7. The van der Waals surface area contributed by atoms with E-state index in [1.54, 1.807) is 0 Å². The van der Waals surface area contributed by atoms with Crippen LogP contribution in [-0.4, -0.2) is 16.9 Å². The van der Waals surface area contributed by atoms with Crippen molar-refractivity contribution >= 4 is 11.5 Å². The van der Waals surface area contributed by atoms with E-state index in [0.717, 1.165) is 22.6 Å². The van der Waals surface area contributed by atoms with Crippen molar-refractivity contribution in [3.05, 3.63) is 52.8 Å². The first-order valence-corrected chi connectivity index (χ1v) is 7.42. The van der Waals surface area contributed by atoms with Gasteiger partial charge in [-0.15, -0.1) is 0 Å². The monoisotopic (exact) mass is 284 g/mol. The molecule has 1 aromatic carbocycles. The van der Waals surface area contributed by atoms with Gasteiger partial charge in [0.15, 0.2) is 5.78 Å². The van der Waals surface area contributed by atoms with Crippen LogP contribution < -0.4 is 5.32 Å². The van der Waals surface area contributed by atoms with Gasteiger partial charge in [-0.3, -0.25) is 4.79 Å². The number of anilines is 1. The first-order chi connectivity index (χ1) is 9.90. The van der Waals surface area contributed by atoms with E-state index < -0.39 is 0 Å². The normalized spacial score (nSPS) is 11.0.